The van der Waals surface area contributed by atoms with Crippen LogP contribution in [0.1, 0.15) is 11.3 Å². The Bertz CT molecular complexity index is 477. The minimum absolute atomic E-state index is 0.927. The number of nitrogens with zero attached hydrogens (tertiary/aromatic N) is 1. The summed E-state index contributed by atoms with van der Waals surface area (Å²) in [6, 6.07) is 8.09. The fourth-order valence-electron chi connectivity index (χ4n) is 1.59. The summed E-state index contributed by atoms with van der Waals surface area (Å²) in [5, 5.41) is 1.07. The van der Waals surface area contributed by atoms with Crippen LogP contribution in [0.4, 0.5) is 5.69 Å². The molecule has 3 N–H and O–H groups in total. The van der Waals surface area contributed by atoms with Crippen molar-refractivity contribution in [1.82, 2.24) is 4.98 Å². The van der Waals surface area contributed by atoms with Gasteiger partial charge in [0.1, 0.15) is 0 Å². The molecule has 0 aliphatic carbocycles. The van der Waals surface area contributed by atoms with Crippen LogP contribution >= 0.6 is 0 Å². The van der Waals surface area contributed by atoms with E-state index in [9.17, 15) is 0 Å². The number of aryl methyl sites for hydroxylation is 2. The van der Waals surface area contributed by atoms with Gasteiger partial charge in [0.15, 0.2) is 0 Å². The molecule has 0 saturated carbocycles. The zero-order valence-electron chi connectivity index (χ0n) is 8.33. The molecule has 72 valence electrons. The summed E-state index contributed by atoms with van der Waals surface area (Å²) in [4.78, 5) is 4.43. The summed E-state index contributed by atoms with van der Waals surface area (Å²) < 4.78 is 0. The van der Waals surface area contributed by atoms with Crippen LogP contribution in [-0.2, 0) is 0 Å². The van der Waals surface area contributed by atoms with E-state index in [1.165, 1.54) is 5.56 Å². The predicted octanol–water partition coefficient (Wildman–Crippen LogP) is 2.14. The van der Waals surface area contributed by atoms with Gasteiger partial charge in [-0.1, -0.05) is 11.6 Å². The molecule has 2 rings (SSSR count). The van der Waals surface area contributed by atoms with Gasteiger partial charge in [-0.2, -0.15) is 0 Å². The Balaban J connectivity index is 2.81. The lowest BCUT2D eigenvalue weighted by molar-refractivity contribution is 1.24. The first-order valence-electron chi connectivity index (χ1n) is 4.55. The van der Waals surface area contributed by atoms with Gasteiger partial charge >= 0.3 is 0 Å². The molecular weight excluding hydrogens is 174 g/mol. The molecule has 14 heavy (non-hydrogen) atoms. The molecular formula is C11H13N3. The Morgan fingerprint density at radius 3 is 2.71 bits per heavy atom. The highest BCUT2D eigenvalue weighted by atomic mass is 15.2. The first kappa shape index (κ1) is 8.97. The number of benzene rings is 1. The third-order valence-corrected chi connectivity index (χ3v) is 2.25. The van der Waals surface area contributed by atoms with E-state index >= 15 is 0 Å². The van der Waals surface area contributed by atoms with Gasteiger partial charge in [0.25, 0.3) is 0 Å². The van der Waals surface area contributed by atoms with Gasteiger partial charge in [0, 0.05) is 11.1 Å². The summed E-state index contributed by atoms with van der Waals surface area (Å²) in [5.41, 5.74) is 6.78. The number of hydrogen-bond acceptors (Lipinski definition) is 3. The Morgan fingerprint density at radius 2 is 2.00 bits per heavy atom. The largest absolute Gasteiger partial charge is 0.323 e. The maximum Gasteiger partial charge on any atom is 0.0726 e. The molecule has 3 heteroatoms. The molecule has 0 bridgehead atoms. The summed E-state index contributed by atoms with van der Waals surface area (Å²) in [6.45, 7) is 4.01. The Hall–Kier alpha value is -1.61. The SMILES string of the molecule is Cc1ccc2nc(C)cc(NN)c2c1. The van der Waals surface area contributed by atoms with Crippen molar-refractivity contribution in [3.05, 3.63) is 35.5 Å². The first-order chi connectivity index (χ1) is 6.70. The molecule has 0 saturated heterocycles. The number of aromatic nitrogens is 1. The second-order valence-corrected chi connectivity index (χ2v) is 3.48. The van der Waals surface area contributed by atoms with Crippen molar-refractivity contribution in [2.24, 2.45) is 5.84 Å². The van der Waals surface area contributed by atoms with Gasteiger partial charge in [-0.15, -0.1) is 0 Å². The van der Waals surface area contributed by atoms with Crippen molar-refractivity contribution < 1.29 is 0 Å². The number of rotatable bonds is 1. The van der Waals surface area contributed by atoms with Crippen LogP contribution in [0.25, 0.3) is 10.9 Å². The zero-order valence-corrected chi connectivity index (χ0v) is 8.33. The Labute approximate surface area is 82.9 Å². The molecule has 1 aromatic carbocycles. The highest BCUT2D eigenvalue weighted by Gasteiger charge is 2.02. The lowest BCUT2D eigenvalue weighted by Gasteiger charge is -2.07. The van der Waals surface area contributed by atoms with Crippen molar-refractivity contribution >= 4 is 16.6 Å². The monoisotopic (exact) mass is 187 g/mol. The molecule has 0 fully saturated rings. The smallest absolute Gasteiger partial charge is 0.0726 e. The van der Waals surface area contributed by atoms with E-state index in [2.05, 4.69) is 29.5 Å². The lowest BCUT2D eigenvalue weighted by Crippen LogP contribution is -2.07. The highest BCUT2D eigenvalue weighted by molar-refractivity contribution is 5.91. The van der Waals surface area contributed by atoms with Gasteiger partial charge in [-0.05, 0) is 32.0 Å². The van der Waals surface area contributed by atoms with Crippen molar-refractivity contribution in [2.45, 2.75) is 13.8 Å². The van der Waals surface area contributed by atoms with Crippen molar-refractivity contribution in [1.29, 1.82) is 0 Å². The molecule has 0 atom stereocenters. The average molecular weight is 187 g/mol. The zero-order chi connectivity index (χ0) is 10.1. The average Bonchev–Trinajstić information content (AvgIpc) is 2.17. The quantitative estimate of drug-likeness (QED) is 0.531. The number of hydrazine groups is 1. The second kappa shape index (κ2) is 3.27. The number of nitrogens with two attached hydrogens (primary N) is 1. The minimum atomic E-state index is 0.927. The van der Waals surface area contributed by atoms with E-state index < -0.39 is 0 Å². The molecule has 0 spiro atoms. The molecule has 0 amide bonds. The van der Waals surface area contributed by atoms with Crippen LogP contribution in [0.15, 0.2) is 24.3 Å². The second-order valence-electron chi connectivity index (χ2n) is 3.48. The Kier molecular flexibility index (Phi) is 2.09. The van der Waals surface area contributed by atoms with E-state index in [4.69, 9.17) is 5.84 Å². The van der Waals surface area contributed by atoms with E-state index in [1.54, 1.807) is 0 Å². The fourth-order valence-corrected chi connectivity index (χ4v) is 1.59. The van der Waals surface area contributed by atoms with E-state index in [1.807, 2.05) is 19.1 Å². The number of pyridine rings is 1. The van der Waals surface area contributed by atoms with E-state index in [-0.39, 0.29) is 0 Å². The molecule has 1 aromatic heterocycles. The maximum atomic E-state index is 5.46. The van der Waals surface area contributed by atoms with Crippen molar-refractivity contribution in [2.75, 3.05) is 5.43 Å². The first-order valence-corrected chi connectivity index (χ1v) is 4.55. The minimum Gasteiger partial charge on any atom is -0.323 e. The summed E-state index contributed by atoms with van der Waals surface area (Å²) in [5.74, 6) is 5.46. The van der Waals surface area contributed by atoms with E-state index in [0.717, 1.165) is 22.3 Å². The number of anilines is 1. The maximum absolute atomic E-state index is 5.46. The molecule has 0 aliphatic heterocycles. The van der Waals surface area contributed by atoms with Crippen LogP contribution in [0.2, 0.25) is 0 Å². The van der Waals surface area contributed by atoms with Crippen LogP contribution in [-0.4, -0.2) is 4.98 Å². The standard InChI is InChI=1S/C11H13N3/c1-7-3-4-10-9(5-7)11(14-12)6-8(2)13-10/h3-6H,12H2,1-2H3,(H,13,14). The molecule has 0 radical (unpaired) electrons. The molecule has 2 aromatic rings. The van der Waals surface area contributed by atoms with Crippen molar-refractivity contribution in [3.8, 4) is 0 Å². The third kappa shape index (κ3) is 1.42. The fraction of sp³-hybridized carbons (Fsp3) is 0.182. The number of nitrogen functional groups attached to an aromatic ring is 1. The third-order valence-electron chi connectivity index (χ3n) is 2.25. The molecule has 0 unspecified atom stereocenters. The van der Waals surface area contributed by atoms with Crippen molar-refractivity contribution in [3.63, 3.8) is 0 Å². The van der Waals surface area contributed by atoms with Gasteiger partial charge < -0.3 is 5.43 Å². The van der Waals surface area contributed by atoms with Crippen LogP contribution in [0.3, 0.4) is 0 Å². The topological polar surface area (TPSA) is 50.9 Å². The van der Waals surface area contributed by atoms with E-state index in [0.29, 0.717) is 0 Å². The number of hydrogen-bond donors (Lipinski definition) is 2. The van der Waals surface area contributed by atoms with Crippen LogP contribution < -0.4 is 11.3 Å². The lowest BCUT2D eigenvalue weighted by atomic mass is 10.1. The molecule has 3 nitrogen and oxygen atoms in total. The van der Waals surface area contributed by atoms with Crippen LogP contribution in [0.5, 0.6) is 0 Å². The van der Waals surface area contributed by atoms with Crippen LogP contribution in [0, 0.1) is 13.8 Å². The Morgan fingerprint density at radius 1 is 1.21 bits per heavy atom. The van der Waals surface area contributed by atoms with Gasteiger partial charge in [0.2, 0.25) is 0 Å². The number of fused-ring (bicyclic) bond motifs is 1. The summed E-state index contributed by atoms with van der Waals surface area (Å²) in [6.07, 6.45) is 0. The summed E-state index contributed by atoms with van der Waals surface area (Å²) in [7, 11) is 0. The number of nitrogens with one attached hydrogen (secondary N) is 1. The van der Waals surface area contributed by atoms with Gasteiger partial charge in [0.05, 0.1) is 11.2 Å². The molecule has 1 heterocycles. The molecule has 0 aliphatic rings. The van der Waals surface area contributed by atoms with Gasteiger partial charge in [-0.3, -0.25) is 10.8 Å². The highest BCUT2D eigenvalue weighted by Crippen LogP contribution is 2.23. The van der Waals surface area contributed by atoms with Gasteiger partial charge in [-0.25, -0.2) is 0 Å². The predicted molar refractivity (Wildman–Crippen MR) is 59.0 cm³/mol. The normalized spacial score (nSPS) is 10.5. The summed E-state index contributed by atoms with van der Waals surface area (Å²) >= 11 is 0.